The van der Waals surface area contributed by atoms with Gasteiger partial charge in [0.15, 0.2) is 0 Å². The van der Waals surface area contributed by atoms with Crippen molar-refractivity contribution in [2.45, 2.75) is 65.2 Å². The minimum absolute atomic E-state index is 0.310. The third-order valence-corrected chi connectivity index (χ3v) is 4.95. The molecule has 1 fully saturated rings. The van der Waals surface area contributed by atoms with Crippen molar-refractivity contribution in [3.63, 3.8) is 0 Å². The van der Waals surface area contributed by atoms with Crippen molar-refractivity contribution in [1.82, 2.24) is 0 Å². The highest BCUT2D eigenvalue weighted by atomic mass is 19.1. The molecule has 0 aromatic heterocycles. The number of ether oxygens (including phenoxy) is 1. The average Bonchev–Trinajstić information content (AvgIpc) is 2.62. The van der Waals surface area contributed by atoms with Gasteiger partial charge in [0.1, 0.15) is 11.6 Å². The van der Waals surface area contributed by atoms with Crippen molar-refractivity contribution in [2.24, 2.45) is 11.8 Å². The fraction of sp³-hybridized carbons (Fsp3) is 0.565. The Bertz CT molecular complexity index is 600. The molecule has 0 aliphatic heterocycles. The number of unbranched alkanes of at least 4 members (excludes halogenated alkanes) is 1. The molecule has 25 heavy (non-hydrogen) atoms. The summed E-state index contributed by atoms with van der Waals surface area (Å²) in [4.78, 5) is 0. The van der Waals surface area contributed by atoms with Gasteiger partial charge in [0.2, 0.25) is 0 Å². The van der Waals surface area contributed by atoms with Gasteiger partial charge in [0.25, 0.3) is 0 Å². The molecule has 1 aromatic carbocycles. The second kappa shape index (κ2) is 11.0. The molecule has 1 aromatic rings. The van der Waals surface area contributed by atoms with Crippen LogP contribution in [0.5, 0.6) is 5.75 Å². The summed E-state index contributed by atoms with van der Waals surface area (Å²) in [7, 11) is 0. The van der Waals surface area contributed by atoms with E-state index in [0.717, 1.165) is 18.8 Å². The Labute approximate surface area is 152 Å². The van der Waals surface area contributed by atoms with Gasteiger partial charge in [-0.1, -0.05) is 51.0 Å². The summed E-state index contributed by atoms with van der Waals surface area (Å²) in [6.45, 7) is 5.00. The maximum Gasteiger partial charge on any atom is 0.142 e. The number of hydrogen-bond donors (Lipinski definition) is 0. The number of allylic oxidation sites excluding steroid dienone is 2. The molecule has 1 nitrogen and oxygen atoms in total. The standard InChI is InChI=1S/C23H31FO/c1-3-5-17-25-22-16-15-21(23(24)18-22)10-7-6-9-20-13-11-19(8-4-2)12-14-20/h6,9,15-16,18-20H,3-5,8,11-14,17H2,1-2H3/b9-6+. The molecule has 0 bridgehead atoms. The molecule has 0 atom stereocenters. The van der Waals surface area contributed by atoms with Crippen molar-refractivity contribution < 1.29 is 9.13 Å². The molecule has 0 heterocycles. The fourth-order valence-electron chi connectivity index (χ4n) is 3.40. The summed E-state index contributed by atoms with van der Waals surface area (Å²) >= 11 is 0. The van der Waals surface area contributed by atoms with Crippen molar-refractivity contribution in [3.05, 3.63) is 41.7 Å². The lowest BCUT2D eigenvalue weighted by molar-refractivity contribution is 0.294. The Morgan fingerprint density at radius 1 is 1.16 bits per heavy atom. The Balaban J connectivity index is 1.82. The van der Waals surface area contributed by atoms with E-state index in [4.69, 9.17) is 4.74 Å². The maximum absolute atomic E-state index is 14.1. The van der Waals surface area contributed by atoms with Gasteiger partial charge in [-0.25, -0.2) is 4.39 Å². The van der Waals surface area contributed by atoms with Crippen LogP contribution in [0.25, 0.3) is 0 Å². The Kier molecular flexibility index (Phi) is 8.60. The van der Waals surface area contributed by atoms with E-state index in [9.17, 15) is 4.39 Å². The molecular weight excluding hydrogens is 311 g/mol. The van der Waals surface area contributed by atoms with Gasteiger partial charge in [0.05, 0.1) is 12.2 Å². The topological polar surface area (TPSA) is 9.23 Å². The lowest BCUT2D eigenvalue weighted by Gasteiger charge is -2.26. The van der Waals surface area contributed by atoms with Crippen LogP contribution >= 0.6 is 0 Å². The molecule has 1 saturated carbocycles. The third-order valence-electron chi connectivity index (χ3n) is 4.95. The van der Waals surface area contributed by atoms with Crippen LogP contribution in [0.2, 0.25) is 0 Å². The van der Waals surface area contributed by atoms with E-state index in [1.165, 1.54) is 44.6 Å². The SMILES string of the molecule is CCCCOc1ccc(C#C/C=C/C2CCC(CCC)CC2)c(F)c1. The molecular formula is C23H31FO. The summed E-state index contributed by atoms with van der Waals surface area (Å²) in [6, 6.07) is 4.92. The highest BCUT2D eigenvalue weighted by Gasteiger charge is 2.18. The van der Waals surface area contributed by atoms with Gasteiger partial charge in [-0.2, -0.15) is 0 Å². The highest BCUT2D eigenvalue weighted by molar-refractivity contribution is 5.41. The first-order valence-corrected chi connectivity index (χ1v) is 9.83. The molecule has 0 N–H and O–H groups in total. The van der Waals surface area contributed by atoms with Crippen LogP contribution in [-0.2, 0) is 0 Å². The normalized spacial score (nSPS) is 20.3. The first kappa shape index (κ1) is 19.6. The third kappa shape index (κ3) is 6.94. The van der Waals surface area contributed by atoms with Crippen LogP contribution < -0.4 is 4.74 Å². The van der Waals surface area contributed by atoms with E-state index in [0.29, 0.717) is 23.8 Å². The van der Waals surface area contributed by atoms with Crippen LogP contribution in [0.15, 0.2) is 30.4 Å². The van der Waals surface area contributed by atoms with Crippen LogP contribution in [0.3, 0.4) is 0 Å². The van der Waals surface area contributed by atoms with Gasteiger partial charge in [-0.3, -0.25) is 0 Å². The van der Waals surface area contributed by atoms with Crippen LogP contribution in [0.4, 0.5) is 4.39 Å². The Morgan fingerprint density at radius 2 is 1.96 bits per heavy atom. The minimum Gasteiger partial charge on any atom is -0.493 e. The van der Waals surface area contributed by atoms with Gasteiger partial charge < -0.3 is 4.74 Å². The van der Waals surface area contributed by atoms with E-state index >= 15 is 0 Å². The number of hydrogen-bond acceptors (Lipinski definition) is 1. The minimum atomic E-state index is -0.310. The van der Waals surface area contributed by atoms with Crippen molar-refractivity contribution in [3.8, 4) is 17.6 Å². The average molecular weight is 342 g/mol. The van der Waals surface area contributed by atoms with Gasteiger partial charge >= 0.3 is 0 Å². The summed E-state index contributed by atoms with van der Waals surface area (Å²) in [5, 5.41) is 0. The molecule has 2 rings (SSSR count). The molecule has 1 aliphatic carbocycles. The Hall–Kier alpha value is -1.75. The molecule has 0 saturated heterocycles. The van der Waals surface area contributed by atoms with Crippen LogP contribution in [-0.4, -0.2) is 6.61 Å². The highest BCUT2D eigenvalue weighted by Crippen LogP contribution is 2.32. The zero-order valence-corrected chi connectivity index (χ0v) is 15.7. The molecule has 0 amide bonds. The monoisotopic (exact) mass is 342 g/mol. The summed E-state index contributed by atoms with van der Waals surface area (Å²) < 4.78 is 19.6. The van der Waals surface area contributed by atoms with Crippen molar-refractivity contribution >= 4 is 0 Å². The summed E-state index contributed by atoms with van der Waals surface area (Å²) in [6.07, 6.45) is 14.0. The maximum atomic E-state index is 14.1. The number of benzene rings is 1. The smallest absolute Gasteiger partial charge is 0.142 e. The Morgan fingerprint density at radius 3 is 2.64 bits per heavy atom. The first-order chi connectivity index (χ1) is 12.2. The van der Waals surface area contributed by atoms with Crippen molar-refractivity contribution in [1.29, 1.82) is 0 Å². The second-order valence-electron chi connectivity index (χ2n) is 7.04. The zero-order chi connectivity index (χ0) is 17.9. The molecule has 0 radical (unpaired) electrons. The van der Waals surface area contributed by atoms with Gasteiger partial charge in [0, 0.05) is 6.07 Å². The van der Waals surface area contributed by atoms with Gasteiger partial charge in [-0.15, -0.1) is 0 Å². The number of rotatable bonds is 7. The molecule has 1 aliphatic rings. The van der Waals surface area contributed by atoms with Gasteiger partial charge in [-0.05, 0) is 62.1 Å². The second-order valence-corrected chi connectivity index (χ2v) is 7.04. The van der Waals surface area contributed by atoms with E-state index < -0.39 is 0 Å². The van der Waals surface area contributed by atoms with Crippen LogP contribution in [0.1, 0.15) is 70.8 Å². The zero-order valence-electron chi connectivity index (χ0n) is 15.7. The number of halogens is 1. The molecule has 0 unspecified atom stereocenters. The molecule has 2 heteroatoms. The van der Waals surface area contributed by atoms with E-state index in [1.54, 1.807) is 12.1 Å². The van der Waals surface area contributed by atoms with E-state index in [1.807, 2.05) is 6.08 Å². The summed E-state index contributed by atoms with van der Waals surface area (Å²) in [5.74, 6) is 7.73. The van der Waals surface area contributed by atoms with Crippen LogP contribution in [0, 0.1) is 29.5 Å². The fourth-order valence-corrected chi connectivity index (χ4v) is 3.40. The van der Waals surface area contributed by atoms with E-state index in [2.05, 4.69) is 31.8 Å². The van der Waals surface area contributed by atoms with Crippen molar-refractivity contribution in [2.75, 3.05) is 6.61 Å². The predicted molar refractivity (Wildman–Crippen MR) is 103 cm³/mol. The quantitative estimate of drug-likeness (QED) is 0.405. The lowest BCUT2D eigenvalue weighted by atomic mass is 9.80. The largest absolute Gasteiger partial charge is 0.493 e. The first-order valence-electron chi connectivity index (χ1n) is 9.83. The lowest BCUT2D eigenvalue weighted by Crippen LogP contribution is -2.12. The molecule has 0 spiro atoms. The predicted octanol–water partition coefficient (Wildman–Crippen LogP) is 6.52. The molecule has 136 valence electrons. The van der Waals surface area contributed by atoms with E-state index in [-0.39, 0.29) is 5.82 Å². The summed E-state index contributed by atoms with van der Waals surface area (Å²) in [5.41, 5.74) is 0.430.